The van der Waals surface area contributed by atoms with E-state index in [1.807, 2.05) is 0 Å². The van der Waals surface area contributed by atoms with Gasteiger partial charge in [0.2, 0.25) is 0 Å². The molecule has 0 saturated heterocycles. The average Bonchev–Trinajstić information content (AvgIpc) is 2.88. The Bertz CT molecular complexity index is 1170. The van der Waals surface area contributed by atoms with E-state index in [9.17, 15) is 5.11 Å². The number of allylic oxidation sites excluding steroid dienone is 5. The first kappa shape index (κ1) is 26.6. The van der Waals surface area contributed by atoms with Gasteiger partial charge in [0.1, 0.15) is 0 Å². The summed E-state index contributed by atoms with van der Waals surface area (Å²) in [5.74, 6) is -3.31. The fourth-order valence-electron chi connectivity index (χ4n) is 5.76. The van der Waals surface area contributed by atoms with E-state index in [4.69, 9.17) is 11.2 Å². The van der Waals surface area contributed by atoms with Gasteiger partial charge in [-0.3, -0.25) is 0 Å². The van der Waals surface area contributed by atoms with E-state index in [-0.39, 0.29) is 11.5 Å². The topological polar surface area (TPSA) is 20.2 Å². The summed E-state index contributed by atoms with van der Waals surface area (Å²) in [6.07, 6.45) is 8.80. The van der Waals surface area contributed by atoms with Crippen LogP contribution in [0.5, 0.6) is 0 Å². The van der Waals surface area contributed by atoms with Crippen molar-refractivity contribution in [3.8, 4) is 0 Å². The number of halogens is 1. The zero-order chi connectivity index (χ0) is 25.8. The molecule has 0 spiro atoms. The number of rotatable bonds is 7. The Kier molecular flexibility index (Phi) is 7.77. The summed E-state index contributed by atoms with van der Waals surface area (Å²) < 4.78 is 0. The number of hydrogen-bond acceptors (Lipinski definition) is 1. The van der Waals surface area contributed by atoms with Crippen LogP contribution in [0.3, 0.4) is 0 Å². The molecular weight excluding hydrogens is 479 g/mol. The van der Waals surface area contributed by atoms with E-state index in [0.29, 0.717) is 0 Å². The quantitative estimate of drug-likeness (QED) is 0.252. The molecule has 0 radical (unpaired) electrons. The van der Waals surface area contributed by atoms with Crippen LogP contribution in [-0.4, -0.2) is 17.4 Å². The van der Waals surface area contributed by atoms with Gasteiger partial charge in [0, 0.05) is 0 Å². The fourth-order valence-corrected chi connectivity index (χ4v) is 11.5. The van der Waals surface area contributed by atoms with Crippen LogP contribution < -0.4 is 15.9 Å². The molecule has 1 atom stereocenters. The summed E-state index contributed by atoms with van der Waals surface area (Å²) >= 11 is 8.18. The minimum atomic E-state index is -3.31. The van der Waals surface area contributed by atoms with E-state index in [1.54, 1.807) is 0 Å². The molecular formula is C33H38ClOP. The Morgan fingerprint density at radius 1 is 0.889 bits per heavy atom. The van der Waals surface area contributed by atoms with Gasteiger partial charge in [-0.1, -0.05) is 0 Å². The molecule has 0 aromatic heterocycles. The Hall–Kier alpha value is -2.44. The molecule has 1 aliphatic carbocycles. The second-order valence-corrected chi connectivity index (χ2v) is 17.3. The molecule has 188 valence electrons. The van der Waals surface area contributed by atoms with Crippen LogP contribution in [-0.2, 0) is 0 Å². The first-order valence-corrected chi connectivity index (χ1v) is 16.1. The maximum atomic E-state index is 10.3. The predicted octanol–water partition coefficient (Wildman–Crippen LogP) is 7.67. The molecule has 0 fully saturated rings. The van der Waals surface area contributed by atoms with Crippen molar-refractivity contribution in [2.24, 2.45) is 5.41 Å². The fraction of sp³-hybridized carbons (Fsp3) is 0.273. The third-order valence-electron chi connectivity index (χ3n) is 7.63. The molecule has 4 rings (SSSR count). The SMILES string of the molecule is CC1=C(/C=C/C(C)=C/CP(Cl)(c2ccccc2)(c2ccccc2)c2ccccc2)C(C)(C)C[C@H](O)C1. The van der Waals surface area contributed by atoms with Crippen LogP contribution in [0.1, 0.15) is 40.5 Å². The van der Waals surface area contributed by atoms with Gasteiger partial charge in [-0.05, 0) is 0 Å². The van der Waals surface area contributed by atoms with Crippen molar-refractivity contribution >= 4 is 33.1 Å². The van der Waals surface area contributed by atoms with Gasteiger partial charge in [-0.15, -0.1) is 0 Å². The summed E-state index contributed by atoms with van der Waals surface area (Å²) in [5.41, 5.74) is 3.76. The molecule has 0 saturated carbocycles. The van der Waals surface area contributed by atoms with E-state index in [0.717, 1.165) is 19.0 Å². The van der Waals surface area contributed by atoms with Gasteiger partial charge in [0.25, 0.3) is 0 Å². The van der Waals surface area contributed by atoms with Crippen molar-refractivity contribution in [1.82, 2.24) is 0 Å². The number of aliphatic hydroxyl groups excluding tert-OH is 1. The third kappa shape index (κ3) is 5.03. The molecule has 1 aliphatic rings. The summed E-state index contributed by atoms with van der Waals surface area (Å²) in [6.45, 7) is 8.76. The van der Waals surface area contributed by atoms with Gasteiger partial charge in [-0.25, -0.2) is 0 Å². The van der Waals surface area contributed by atoms with E-state index in [2.05, 4.69) is 137 Å². The Labute approximate surface area is 222 Å². The van der Waals surface area contributed by atoms with Crippen LogP contribution in [0.4, 0.5) is 0 Å². The van der Waals surface area contributed by atoms with E-state index >= 15 is 0 Å². The van der Waals surface area contributed by atoms with Crippen LogP contribution in [0.2, 0.25) is 0 Å². The molecule has 0 amide bonds. The zero-order valence-corrected chi connectivity index (χ0v) is 23.5. The van der Waals surface area contributed by atoms with Crippen molar-refractivity contribution in [2.45, 2.75) is 46.6 Å². The van der Waals surface area contributed by atoms with Gasteiger partial charge >= 0.3 is 222 Å². The Morgan fingerprint density at radius 3 is 1.75 bits per heavy atom. The first-order valence-electron chi connectivity index (χ1n) is 12.8. The van der Waals surface area contributed by atoms with Crippen molar-refractivity contribution < 1.29 is 5.11 Å². The predicted molar refractivity (Wildman–Crippen MR) is 160 cm³/mol. The van der Waals surface area contributed by atoms with Crippen LogP contribution in [0, 0.1) is 5.41 Å². The summed E-state index contributed by atoms with van der Waals surface area (Å²) in [5, 5.41) is 13.8. The summed E-state index contributed by atoms with van der Waals surface area (Å²) in [4.78, 5) is 0. The van der Waals surface area contributed by atoms with Gasteiger partial charge < -0.3 is 0 Å². The maximum absolute atomic E-state index is 10.3. The van der Waals surface area contributed by atoms with E-state index in [1.165, 1.54) is 32.6 Å². The van der Waals surface area contributed by atoms with Gasteiger partial charge in [-0.2, -0.15) is 0 Å². The second kappa shape index (κ2) is 10.5. The Morgan fingerprint density at radius 2 is 1.33 bits per heavy atom. The number of benzene rings is 3. The average molecular weight is 517 g/mol. The van der Waals surface area contributed by atoms with Crippen molar-refractivity contribution in [3.05, 3.63) is 126 Å². The third-order valence-corrected chi connectivity index (χ3v) is 14.8. The molecule has 3 aromatic carbocycles. The molecule has 1 N–H and O–H groups in total. The number of hydrogen-bond donors (Lipinski definition) is 1. The van der Waals surface area contributed by atoms with Crippen LogP contribution in [0.25, 0.3) is 0 Å². The summed E-state index contributed by atoms with van der Waals surface area (Å²) in [7, 11) is 0. The molecule has 0 unspecified atom stereocenters. The first-order chi connectivity index (χ1) is 17.1. The minimum absolute atomic E-state index is 0.0393. The zero-order valence-electron chi connectivity index (χ0n) is 21.9. The standard InChI is InChI=1S/C33H38ClOP/c1-26(20-21-32-27(2)24-28(35)25-33(32,3)4)22-23-36(34,29-14-8-5-9-15-29,30-16-10-6-11-17-30)31-18-12-7-13-19-31/h5-22,28,35H,23-25H2,1-4H3/b21-20+,26-22+/t28-/m1/s1. The molecule has 3 heteroatoms. The normalized spacial score (nSPS) is 19.8. The van der Waals surface area contributed by atoms with Gasteiger partial charge in [0.05, 0.1) is 0 Å². The van der Waals surface area contributed by atoms with Crippen molar-refractivity contribution in [2.75, 3.05) is 6.16 Å². The van der Waals surface area contributed by atoms with Crippen molar-refractivity contribution in [1.29, 1.82) is 0 Å². The second-order valence-electron chi connectivity index (χ2n) is 10.8. The van der Waals surface area contributed by atoms with Gasteiger partial charge in [0.15, 0.2) is 0 Å². The van der Waals surface area contributed by atoms with Crippen LogP contribution >= 0.6 is 17.2 Å². The van der Waals surface area contributed by atoms with Crippen LogP contribution in [0.15, 0.2) is 126 Å². The molecule has 36 heavy (non-hydrogen) atoms. The molecule has 3 aromatic rings. The molecule has 1 nitrogen and oxygen atoms in total. The molecule has 0 aliphatic heterocycles. The molecule has 0 heterocycles. The Balaban J connectivity index is 1.82. The van der Waals surface area contributed by atoms with E-state index < -0.39 is 5.96 Å². The molecule has 0 bridgehead atoms. The monoisotopic (exact) mass is 516 g/mol. The summed E-state index contributed by atoms with van der Waals surface area (Å²) in [6, 6.07) is 31.9. The number of aliphatic hydroxyl groups is 1. The van der Waals surface area contributed by atoms with Crippen molar-refractivity contribution in [3.63, 3.8) is 0 Å².